The highest BCUT2D eigenvalue weighted by molar-refractivity contribution is 5.86. The average Bonchev–Trinajstić information content (AvgIpc) is 2.70. The Morgan fingerprint density at radius 2 is 1.20 bits per heavy atom. The highest BCUT2D eigenvalue weighted by Gasteiger charge is 2.08. The van der Waals surface area contributed by atoms with Crippen molar-refractivity contribution in [2.24, 2.45) is 0 Å². The average molecular weight is 420 g/mol. The molecule has 2 amide bonds. The van der Waals surface area contributed by atoms with Crippen LogP contribution in [0, 0.1) is 0 Å². The summed E-state index contributed by atoms with van der Waals surface area (Å²) in [4.78, 5) is 44.5. The number of hydrogen-bond acceptors (Lipinski definition) is 6. The maximum atomic E-state index is 11.6. The fourth-order valence-electron chi connectivity index (χ4n) is 2.05. The molecule has 0 spiro atoms. The van der Waals surface area contributed by atoms with E-state index in [1.165, 1.54) is 0 Å². The Hall–Kier alpha value is -3.82. The van der Waals surface area contributed by atoms with Crippen molar-refractivity contribution in [1.82, 2.24) is 10.6 Å². The van der Waals surface area contributed by atoms with Crippen molar-refractivity contribution >= 4 is 24.1 Å². The van der Waals surface area contributed by atoms with Crippen molar-refractivity contribution in [3.63, 3.8) is 0 Å². The molecule has 0 bridgehead atoms. The molecule has 0 aromatic heterocycles. The zero-order valence-electron chi connectivity index (χ0n) is 16.3. The van der Waals surface area contributed by atoms with Crippen LogP contribution in [0.5, 0.6) is 0 Å². The first-order valence-corrected chi connectivity index (χ1v) is 8.90. The number of benzene rings is 1. The number of carbonyl (C=O) groups excluding carboxylic acids is 2. The first-order valence-electron chi connectivity index (χ1n) is 8.90. The number of carboxylic acid groups (broad SMARTS) is 2. The molecule has 10 heteroatoms. The van der Waals surface area contributed by atoms with Crippen LogP contribution in [0.15, 0.2) is 48.6 Å². The molecule has 0 saturated heterocycles. The maximum absolute atomic E-state index is 11.6. The van der Waals surface area contributed by atoms with E-state index in [0.717, 1.165) is 11.1 Å². The third-order valence-electron chi connectivity index (χ3n) is 3.74. The van der Waals surface area contributed by atoms with E-state index in [1.807, 2.05) is 0 Å². The summed E-state index contributed by atoms with van der Waals surface area (Å²) in [5, 5.41) is 22.4. The third-order valence-corrected chi connectivity index (χ3v) is 3.74. The second-order valence-electron chi connectivity index (χ2n) is 6.12. The second-order valence-corrected chi connectivity index (χ2v) is 6.12. The third kappa shape index (κ3) is 9.93. The zero-order chi connectivity index (χ0) is 22.5. The van der Waals surface area contributed by atoms with E-state index in [9.17, 15) is 19.2 Å². The summed E-state index contributed by atoms with van der Waals surface area (Å²) in [6, 6.07) is 7.05. The number of alkyl carbamates (subject to hydrolysis) is 2. The summed E-state index contributed by atoms with van der Waals surface area (Å²) >= 11 is 0. The SMILES string of the molecule is C=C(CCOC(=O)NCc1cccc(CNC(=O)OCCC(=C)C(=O)O)c1)C(=O)O. The van der Waals surface area contributed by atoms with Gasteiger partial charge in [-0.15, -0.1) is 0 Å². The lowest BCUT2D eigenvalue weighted by Crippen LogP contribution is -2.25. The number of amides is 2. The van der Waals surface area contributed by atoms with Crippen molar-refractivity contribution in [1.29, 1.82) is 0 Å². The van der Waals surface area contributed by atoms with Gasteiger partial charge in [0.1, 0.15) is 0 Å². The van der Waals surface area contributed by atoms with Crippen LogP contribution in [0.4, 0.5) is 9.59 Å². The first-order chi connectivity index (χ1) is 14.2. The minimum Gasteiger partial charge on any atom is -0.478 e. The molecule has 0 aliphatic rings. The second kappa shape index (κ2) is 12.6. The molecule has 4 N–H and O–H groups in total. The van der Waals surface area contributed by atoms with E-state index in [4.69, 9.17) is 19.7 Å². The van der Waals surface area contributed by atoms with Crippen LogP contribution in [0.1, 0.15) is 24.0 Å². The minimum absolute atomic E-state index is 0.0322. The molecule has 0 unspecified atom stereocenters. The van der Waals surface area contributed by atoms with Gasteiger partial charge in [-0.2, -0.15) is 0 Å². The van der Waals surface area contributed by atoms with E-state index in [2.05, 4.69) is 23.8 Å². The lowest BCUT2D eigenvalue weighted by molar-refractivity contribution is -0.133. The predicted octanol–water partition coefficient (Wildman–Crippen LogP) is 2.20. The first kappa shape index (κ1) is 24.2. The molecule has 1 rings (SSSR count). The van der Waals surface area contributed by atoms with E-state index >= 15 is 0 Å². The van der Waals surface area contributed by atoms with E-state index in [-0.39, 0.29) is 50.3 Å². The van der Waals surface area contributed by atoms with Crippen molar-refractivity contribution in [3.8, 4) is 0 Å². The maximum Gasteiger partial charge on any atom is 0.407 e. The fraction of sp³-hybridized carbons (Fsp3) is 0.300. The highest BCUT2D eigenvalue weighted by Crippen LogP contribution is 2.06. The Kier molecular flexibility index (Phi) is 10.2. The molecule has 30 heavy (non-hydrogen) atoms. The number of carboxylic acids is 2. The Morgan fingerprint density at radius 1 is 0.800 bits per heavy atom. The number of aliphatic carboxylic acids is 2. The van der Waals surface area contributed by atoms with Gasteiger partial charge in [0.25, 0.3) is 0 Å². The number of carbonyl (C=O) groups is 4. The summed E-state index contributed by atoms with van der Waals surface area (Å²) in [6.07, 6.45) is -1.32. The number of ether oxygens (including phenoxy) is 2. The molecular weight excluding hydrogens is 396 g/mol. The Labute approximate surface area is 173 Å². The molecule has 0 aliphatic heterocycles. The molecule has 1 aromatic carbocycles. The van der Waals surface area contributed by atoms with Gasteiger partial charge in [-0.05, 0) is 11.1 Å². The Balaban J connectivity index is 2.33. The van der Waals surface area contributed by atoms with Gasteiger partial charge in [-0.1, -0.05) is 37.4 Å². The van der Waals surface area contributed by atoms with Crippen LogP contribution in [-0.4, -0.2) is 47.6 Å². The molecule has 162 valence electrons. The zero-order valence-corrected chi connectivity index (χ0v) is 16.3. The molecule has 0 saturated carbocycles. The van der Waals surface area contributed by atoms with E-state index < -0.39 is 24.1 Å². The Bertz CT molecular complexity index is 756. The minimum atomic E-state index is -1.14. The molecule has 1 aromatic rings. The van der Waals surface area contributed by atoms with Gasteiger partial charge < -0.3 is 30.3 Å². The lowest BCUT2D eigenvalue weighted by atomic mass is 10.1. The van der Waals surface area contributed by atoms with Crippen molar-refractivity contribution in [2.75, 3.05) is 13.2 Å². The van der Waals surface area contributed by atoms with Gasteiger partial charge >= 0.3 is 24.1 Å². The number of hydrogen-bond donors (Lipinski definition) is 4. The van der Waals surface area contributed by atoms with Gasteiger partial charge in [0.2, 0.25) is 0 Å². The molecule has 0 radical (unpaired) electrons. The quantitative estimate of drug-likeness (QED) is 0.376. The van der Waals surface area contributed by atoms with E-state index in [1.54, 1.807) is 24.3 Å². The van der Waals surface area contributed by atoms with Gasteiger partial charge in [-0.3, -0.25) is 0 Å². The van der Waals surface area contributed by atoms with Crippen LogP contribution < -0.4 is 10.6 Å². The topological polar surface area (TPSA) is 151 Å². The summed E-state index contributed by atoms with van der Waals surface area (Å²) in [7, 11) is 0. The van der Waals surface area contributed by atoms with Crippen LogP contribution in [0.25, 0.3) is 0 Å². The molecule has 0 heterocycles. The highest BCUT2D eigenvalue weighted by atomic mass is 16.6. The smallest absolute Gasteiger partial charge is 0.407 e. The predicted molar refractivity (Wildman–Crippen MR) is 106 cm³/mol. The van der Waals surface area contributed by atoms with Crippen LogP contribution in [0.3, 0.4) is 0 Å². The summed E-state index contributed by atoms with van der Waals surface area (Å²) < 4.78 is 9.74. The standard InChI is InChI=1S/C20H24N2O8/c1-13(17(23)24)6-8-29-19(27)21-11-15-4-3-5-16(10-15)12-22-20(28)30-9-7-14(2)18(25)26/h3-5,10H,1-2,6-9,11-12H2,(H,21,27)(H,22,28)(H,23,24)(H,25,26). The van der Waals surface area contributed by atoms with Crippen molar-refractivity contribution < 1.29 is 38.9 Å². The summed E-state index contributed by atoms with van der Waals surface area (Å²) in [5.41, 5.74) is 1.42. The number of rotatable bonds is 12. The van der Waals surface area contributed by atoms with Gasteiger partial charge in [-0.25, -0.2) is 19.2 Å². The molecule has 0 aliphatic carbocycles. The van der Waals surface area contributed by atoms with Crippen LogP contribution in [-0.2, 0) is 32.2 Å². The van der Waals surface area contributed by atoms with Crippen molar-refractivity contribution in [2.45, 2.75) is 25.9 Å². The fourth-order valence-corrected chi connectivity index (χ4v) is 2.05. The lowest BCUT2D eigenvalue weighted by Gasteiger charge is -2.10. The monoisotopic (exact) mass is 420 g/mol. The van der Waals surface area contributed by atoms with Crippen LogP contribution in [0.2, 0.25) is 0 Å². The van der Waals surface area contributed by atoms with Gasteiger partial charge in [0.15, 0.2) is 0 Å². The van der Waals surface area contributed by atoms with E-state index in [0.29, 0.717) is 0 Å². The van der Waals surface area contributed by atoms with Gasteiger partial charge in [0.05, 0.1) is 13.2 Å². The number of nitrogens with one attached hydrogen (secondary N) is 2. The molecule has 0 atom stereocenters. The van der Waals surface area contributed by atoms with Crippen molar-refractivity contribution in [3.05, 3.63) is 59.7 Å². The summed E-state index contributed by atoms with van der Waals surface area (Å²) in [6.45, 7) is 6.84. The Morgan fingerprint density at radius 3 is 1.57 bits per heavy atom. The van der Waals surface area contributed by atoms with Crippen LogP contribution >= 0.6 is 0 Å². The largest absolute Gasteiger partial charge is 0.478 e. The summed E-state index contributed by atoms with van der Waals surface area (Å²) in [5.74, 6) is -2.28. The molecule has 10 nitrogen and oxygen atoms in total. The normalized spacial score (nSPS) is 9.87. The molecular formula is C20H24N2O8. The van der Waals surface area contributed by atoms with Gasteiger partial charge in [0, 0.05) is 37.1 Å². The molecule has 0 fully saturated rings.